The Hall–Kier alpha value is -1.32. The van der Waals surface area contributed by atoms with Crippen LogP contribution in [0, 0.1) is 0 Å². The van der Waals surface area contributed by atoms with E-state index in [9.17, 15) is 21.6 Å². The van der Waals surface area contributed by atoms with Crippen molar-refractivity contribution >= 4 is 15.7 Å². The van der Waals surface area contributed by atoms with E-state index in [2.05, 4.69) is 0 Å². The molecule has 0 spiro atoms. The van der Waals surface area contributed by atoms with E-state index >= 15 is 0 Å². The largest absolute Gasteiger partial charge is 0.401 e. The number of para-hydroxylation sites is 1. The topological polar surface area (TPSA) is 66.6 Å². The van der Waals surface area contributed by atoms with Crippen molar-refractivity contribution in [2.24, 2.45) is 0 Å². The van der Waals surface area contributed by atoms with Crippen LogP contribution in [0.5, 0.6) is 0 Å². The molecule has 118 valence electrons. The van der Waals surface area contributed by atoms with Crippen LogP contribution >= 0.6 is 0 Å². The minimum Gasteiger partial charge on any atom is -0.398 e. The highest BCUT2D eigenvalue weighted by molar-refractivity contribution is 7.89. The number of benzene rings is 1. The zero-order valence-corrected chi connectivity index (χ0v) is 12.0. The number of rotatable bonds is 3. The van der Waals surface area contributed by atoms with Gasteiger partial charge in [-0.2, -0.15) is 17.5 Å². The number of nitrogens with zero attached hydrogens (tertiary/aromatic N) is 2. The van der Waals surface area contributed by atoms with Crippen LogP contribution in [0.4, 0.5) is 18.9 Å². The first kappa shape index (κ1) is 16.1. The SMILES string of the molecule is Nc1ccccc1S(=O)(=O)N1CCN(CC(F)(F)F)CC1. The summed E-state index contributed by atoms with van der Waals surface area (Å²) in [5, 5.41) is 0. The number of hydrogen-bond donors (Lipinski definition) is 1. The third kappa shape index (κ3) is 3.86. The number of halogens is 3. The Morgan fingerprint density at radius 1 is 1.10 bits per heavy atom. The molecule has 1 fully saturated rings. The van der Waals surface area contributed by atoms with Gasteiger partial charge >= 0.3 is 6.18 Å². The Bertz CT molecular complexity index is 596. The molecule has 1 aliphatic rings. The molecular formula is C12H16F3N3O2S. The number of piperazine rings is 1. The normalized spacial score (nSPS) is 18.8. The van der Waals surface area contributed by atoms with Crippen LogP contribution in [0.3, 0.4) is 0 Å². The van der Waals surface area contributed by atoms with Gasteiger partial charge in [-0.1, -0.05) is 12.1 Å². The molecule has 2 rings (SSSR count). The highest BCUT2D eigenvalue weighted by Crippen LogP contribution is 2.24. The van der Waals surface area contributed by atoms with E-state index in [0.29, 0.717) is 0 Å². The molecule has 1 aromatic rings. The number of nitrogens with two attached hydrogens (primary N) is 1. The van der Waals surface area contributed by atoms with E-state index in [4.69, 9.17) is 5.73 Å². The Labute approximate surface area is 121 Å². The van der Waals surface area contributed by atoms with E-state index in [1.165, 1.54) is 21.3 Å². The Morgan fingerprint density at radius 2 is 1.67 bits per heavy atom. The number of anilines is 1. The molecule has 0 unspecified atom stereocenters. The first-order chi connectivity index (χ1) is 9.70. The van der Waals surface area contributed by atoms with E-state index < -0.39 is 22.7 Å². The molecule has 0 amide bonds. The lowest BCUT2D eigenvalue weighted by molar-refractivity contribution is -0.148. The maximum atomic E-state index is 12.4. The molecule has 9 heteroatoms. The van der Waals surface area contributed by atoms with Crippen LogP contribution in [-0.4, -0.2) is 56.5 Å². The summed E-state index contributed by atoms with van der Waals surface area (Å²) in [4.78, 5) is 1.19. The van der Waals surface area contributed by atoms with Gasteiger partial charge in [-0.25, -0.2) is 8.42 Å². The second-order valence-corrected chi connectivity index (χ2v) is 6.74. The fraction of sp³-hybridized carbons (Fsp3) is 0.500. The average Bonchev–Trinajstić information content (AvgIpc) is 2.37. The summed E-state index contributed by atoms with van der Waals surface area (Å²) in [7, 11) is -3.76. The number of alkyl halides is 3. The summed E-state index contributed by atoms with van der Waals surface area (Å²) in [5.41, 5.74) is 5.79. The van der Waals surface area contributed by atoms with Gasteiger partial charge in [0.25, 0.3) is 0 Å². The molecule has 0 saturated carbocycles. The maximum Gasteiger partial charge on any atom is 0.401 e. The maximum absolute atomic E-state index is 12.4. The highest BCUT2D eigenvalue weighted by Gasteiger charge is 2.35. The molecule has 0 bridgehead atoms. The summed E-state index contributed by atoms with van der Waals surface area (Å²) in [6.45, 7) is -0.884. The predicted molar refractivity (Wildman–Crippen MR) is 72.1 cm³/mol. The molecule has 2 N–H and O–H groups in total. The van der Waals surface area contributed by atoms with Gasteiger partial charge in [0.15, 0.2) is 0 Å². The molecule has 1 aromatic carbocycles. The summed E-state index contributed by atoms with van der Waals surface area (Å²) in [6, 6.07) is 6.05. The Balaban J connectivity index is 2.07. The number of nitrogen functional groups attached to an aromatic ring is 1. The smallest absolute Gasteiger partial charge is 0.398 e. The van der Waals surface area contributed by atoms with Crippen molar-refractivity contribution in [1.82, 2.24) is 9.21 Å². The van der Waals surface area contributed by atoms with E-state index in [1.807, 2.05) is 0 Å². The van der Waals surface area contributed by atoms with Gasteiger partial charge in [0.2, 0.25) is 10.0 Å². The summed E-state index contributed by atoms with van der Waals surface area (Å²) in [6.07, 6.45) is -4.27. The van der Waals surface area contributed by atoms with Crippen molar-refractivity contribution in [3.63, 3.8) is 0 Å². The van der Waals surface area contributed by atoms with Gasteiger partial charge in [-0.05, 0) is 12.1 Å². The quantitative estimate of drug-likeness (QED) is 0.847. The van der Waals surface area contributed by atoms with Gasteiger partial charge in [0.05, 0.1) is 12.2 Å². The summed E-state index contributed by atoms with van der Waals surface area (Å²) < 4.78 is 62.9. The van der Waals surface area contributed by atoms with Crippen LogP contribution in [0.25, 0.3) is 0 Å². The molecule has 1 heterocycles. The van der Waals surface area contributed by atoms with E-state index in [-0.39, 0.29) is 36.8 Å². The molecule has 21 heavy (non-hydrogen) atoms. The first-order valence-corrected chi connectivity index (χ1v) is 7.78. The molecule has 0 aromatic heterocycles. The molecule has 5 nitrogen and oxygen atoms in total. The fourth-order valence-corrected chi connectivity index (χ4v) is 3.77. The lowest BCUT2D eigenvalue weighted by Gasteiger charge is -2.34. The van der Waals surface area contributed by atoms with E-state index in [1.54, 1.807) is 12.1 Å². The van der Waals surface area contributed by atoms with Crippen LogP contribution in [0.2, 0.25) is 0 Å². The monoisotopic (exact) mass is 323 g/mol. The number of sulfonamides is 1. The van der Waals surface area contributed by atoms with Crippen LogP contribution in [0.1, 0.15) is 0 Å². The zero-order chi connectivity index (χ0) is 15.7. The van der Waals surface area contributed by atoms with Crippen molar-refractivity contribution in [2.75, 3.05) is 38.5 Å². The Kier molecular flexibility index (Phi) is 4.45. The molecule has 1 aliphatic heterocycles. The van der Waals surface area contributed by atoms with Gasteiger partial charge in [-0.15, -0.1) is 0 Å². The van der Waals surface area contributed by atoms with Crippen molar-refractivity contribution in [3.05, 3.63) is 24.3 Å². The van der Waals surface area contributed by atoms with Crippen LogP contribution in [0.15, 0.2) is 29.2 Å². The molecule has 1 saturated heterocycles. The average molecular weight is 323 g/mol. The second-order valence-electron chi connectivity index (χ2n) is 4.83. The molecular weight excluding hydrogens is 307 g/mol. The summed E-state index contributed by atoms with van der Waals surface area (Å²) >= 11 is 0. The van der Waals surface area contributed by atoms with Gasteiger partial charge in [-0.3, -0.25) is 4.90 Å². The molecule has 0 atom stereocenters. The van der Waals surface area contributed by atoms with Crippen molar-refractivity contribution in [2.45, 2.75) is 11.1 Å². The second kappa shape index (κ2) is 5.82. The molecule has 0 aliphatic carbocycles. The van der Waals surface area contributed by atoms with Crippen LogP contribution < -0.4 is 5.73 Å². The lowest BCUT2D eigenvalue weighted by atomic mass is 10.3. The lowest BCUT2D eigenvalue weighted by Crippen LogP contribution is -2.50. The van der Waals surface area contributed by atoms with Crippen molar-refractivity contribution < 1.29 is 21.6 Å². The number of hydrogen-bond acceptors (Lipinski definition) is 4. The van der Waals surface area contributed by atoms with Gasteiger partial charge in [0, 0.05) is 26.2 Å². The van der Waals surface area contributed by atoms with Crippen molar-refractivity contribution in [1.29, 1.82) is 0 Å². The first-order valence-electron chi connectivity index (χ1n) is 6.34. The third-order valence-corrected chi connectivity index (χ3v) is 5.24. The minimum absolute atomic E-state index is 0.00530. The summed E-state index contributed by atoms with van der Waals surface area (Å²) in [5.74, 6) is 0. The van der Waals surface area contributed by atoms with E-state index in [0.717, 1.165) is 0 Å². The van der Waals surface area contributed by atoms with Gasteiger partial charge < -0.3 is 5.73 Å². The predicted octanol–water partition coefficient (Wildman–Crippen LogP) is 1.14. The minimum atomic E-state index is -4.27. The Morgan fingerprint density at radius 3 is 2.19 bits per heavy atom. The van der Waals surface area contributed by atoms with Gasteiger partial charge in [0.1, 0.15) is 4.90 Å². The molecule has 0 radical (unpaired) electrons. The standard InChI is InChI=1S/C12H16F3N3O2S/c13-12(14,15)9-17-5-7-18(8-6-17)21(19,20)11-4-2-1-3-10(11)16/h1-4H,5-9,16H2. The van der Waals surface area contributed by atoms with Crippen LogP contribution in [-0.2, 0) is 10.0 Å². The fourth-order valence-electron chi connectivity index (χ4n) is 2.24. The highest BCUT2D eigenvalue weighted by atomic mass is 32.2. The van der Waals surface area contributed by atoms with Crippen molar-refractivity contribution in [3.8, 4) is 0 Å². The zero-order valence-electron chi connectivity index (χ0n) is 11.2. The third-order valence-electron chi connectivity index (χ3n) is 3.27.